The highest BCUT2D eigenvalue weighted by Crippen LogP contribution is 2.32. The fraction of sp³-hybridized carbons (Fsp3) is 0.412. The molecule has 0 aliphatic carbocycles. The van der Waals surface area contributed by atoms with Gasteiger partial charge in [-0.2, -0.15) is 0 Å². The molecule has 0 aromatic carbocycles. The molecule has 8 heteroatoms. The maximum Gasteiger partial charge on any atom is 0.171 e. The number of aromatic nitrogens is 5. The summed E-state index contributed by atoms with van der Waals surface area (Å²) in [7, 11) is 0. The van der Waals surface area contributed by atoms with Gasteiger partial charge in [0.05, 0.1) is 42.8 Å². The second kappa shape index (κ2) is 5.75. The number of ether oxygens (including phenoxy) is 2. The summed E-state index contributed by atoms with van der Waals surface area (Å²) < 4.78 is 11.6. The van der Waals surface area contributed by atoms with Crippen molar-refractivity contribution in [1.82, 2.24) is 24.9 Å². The van der Waals surface area contributed by atoms with Crippen molar-refractivity contribution in [2.24, 2.45) is 0 Å². The van der Waals surface area contributed by atoms with E-state index in [-0.39, 0.29) is 5.79 Å². The van der Waals surface area contributed by atoms with Gasteiger partial charge in [-0.05, 0) is 6.07 Å². The first-order chi connectivity index (χ1) is 12.3. The van der Waals surface area contributed by atoms with Crippen molar-refractivity contribution in [3.63, 3.8) is 0 Å². The lowest BCUT2D eigenvalue weighted by Gasteiger charge is -2.38. The lowest BCUT2D eigenvalue weighted by Crippen LogP contribution is -2.45. The van der Waals surface area contributed by atoms with Gasteiger partial charge in [-0.25, -0.2) is 9.97 Å². The summed E-state index contributed by atoms with van der Waals surface area (Å²) in [6.07, 6.45) is 8.69. The average molecular weight is 338 g/mol. The number of imidazole rings is 1. The normalized spacial score (nSPS) is 19.8. The minimum absolute atomic E-state index is 0.382. The van der Waals surface area contributed by atoms with Gasteiger partial charge in [0.2, 0.25) is 0 Å². The standard InChI is InChI=1S/C17H18N6O2/c1-4-18-9-13-12(1)21-16(22-13)14-10-19-11-15(20-14)23-5-2-17(3-6-23)24-7-8-25-17/h1,4,9-11H,2-3,5-8H2,(H,21,22). The van der Waals surface area contributed by atoms with Crippen LogP contribution in [0.4, 0.5) is 5.82 Å². The summed E-state index contributed by atoms with van der Waals surface area (Å²) in [6, 6.07) is 1.87. The van der Waals surface area contributed by atoms with Gasteiger partial charge in [-0.3, -0.25) is 9.97 Å². The molecule has 0 unspecified atom stereocenters. The highest BCUT2D eigenvalue weighted by atomic mass is 16.7. The molecule has 128 valence electrons. The molecule has 0 saturated carbocycles. The van der Waals surface area contributed by atoms with Crippen LogP contribution >= 0.6 is 0 Å². The molecule has 5 heterocycles. The van der Waals surface area contributed by atoms with Crippen LogP contribution in [-0.4, -0.2) is 57.0 Å². The van der Waals surface area contributed by atoms with Crippen LogP contribution in [0.25, 0.3) is 22.6 Å². The molecule has 0 radical (unpaired) electrons. The Balaban J connectivity index is 1.39. The third-order valence-corrected chi connectivity index (χ3v) is 4.81. The Kier molecular flexibility index (Phi) is 3.39. The summed E-state index contributed by atoms with van der Waals surface area (Å²) in [6.45, 7) is 3.05. The third-order valence-electron chi connectivity index (χ3n) is 4.81. The average Bonchev–Trinajstić information content (AvgIpc) is 3.30. The number of hydrogen-bond acceptors (Lipinski definition) is 7. The van der Waals surface area contributed by atoms with Gasteiger partial charge < -0.3 is 19.4 Å². The van der Waals surface area contributed by atoms with Crippen LogP contribution in [0.15, 0.2) is 30.9 Å². The van der Waals surface area contributed by atoms with Gasteiger partial charge in [0.1, 0.15) is 11.5 Å². The molecule has 5 rings (SSSR count). The number of rotatable bonds is 2. The van der Waals surface area contributed by atoms with Crippen molar-refractivity contribution in [2.75, 3.05) is 31.2 Å². The molecule has 0 amide bonds. The predicted octanol–water partition coefficient (Wildman–Crippen LogP) is 1.76. The van der Waals surface area contributed by atoms with Crippen molar-refractivity contribution in [1.29, 1.82) is 0 Å². The van der Waals surface area contributed by atoms with E-state index in [4.69, 9.17) is 14.5 Å². The van der Waals surface area contributed by atoms with Crippen molar-refractivity contribution in [3.8, 4) is 11.5 Å². The quantitative estimate of drug-likeness (QED) is 0.761. The number of pyridine rings is 1. The Hall–Kier alpha value is -2.58. The molecule has 2 fully saturated rings. The molecule has 1 N–H and O–H groups in total. The first-order valence-corrected chi connectivity index (χ1v) is 8.46. The van der Waals surface area contributed by atoms with Crippen molar-refractivity contribution in [2.45, 2.75) is 18.6 Å². The Bertz CT molecular complexity index is 862. The Morgan fingerprint density at radius 3 is 2.64 bits per heavy atom. The Labute approximate surface area is 144 Å². The monoisotopic (exact) mass is 338 g/mol. The van der Waals surface area contributed by atoms with Gasteiger partial charge in [0, 0.05) is 32.1 Å². The smallest absolute Gasteiger partial charge is 0.171 e. The Morgan fingerprint density at radius 2 is 1.84 bits per heavy atom. The summed E-state index contributed by atoms with van der Waals surface area (Å²) in [5.41, 5.74) is 2.48. The molecule has 3 aromatic rings. The van der Waals surface area contributed by atoms with E-state index in [9.17, 15) is 0 Å². The number of nitrogens with zero attached hydrogens (tertiary/aromatic N) is 5. The zero-order chi connectivity index (χ0) is 16.7. The van der Waals surface area contributed by atoms with Crippen molar-refractivity contribution < 1.29 is 9.47 Å². The second-order valence-corrected chi connectivity index (χ2v) is 6.34. The number of H-pyrrole nitrogens is 1. The molecule has 0 atom stereocenters. The summed E-state index contributed by atoms with van der Waals surface area (Å²) in [4.78, 5) is 23.2. The number of aromatic amines is 1. The van der Waals surface area contributed by atoms with E-state index >= 15 is 0 Å². The van der Waals surface area contributed by atoms with Crippen LogP contribution < -0.4 is 4.90 Å². The van der Waals surface area contributed by atoms with E-state index in [1.807, 2.05) is 6.07 Å². The van der Waals surface area contributed by atoms with Crippen LogP contribution in [0, 0.1) is 0 Å². The topological polar surface area (TPSA) is 89.0 Å². The van der Waals surface area contributed by atoms with E-state index < -0.39 is 0 Å². The molecule has 2 aliphatic heterocycles. The molecule has 1 spiro atoms. The number of fused-ring (bicyclic) bond motifs is 1. The number of nitrogens with one attached hydrogen (secondary N) is 1. The summed E-state index contributed by atoms with van der Waals surface area (Å²) in [5.74, 6) is 1.17. The van der Waals surface area contributed by atoms with Crippen LogP contribution in [0.1, 0.15) is 12.8 Å². The highest BCUT2D eigenvalue weighted by molar-refractivity contribution is 5.77. The molecular formula is C17H18N6O2. The van der Waals surface area contributed by atoms with Crippen LogP contribution in [0.2, 0.25) is 0 Å². The maximum atomic E-state index is 5.79. The number of anilines is 1. The molecule has 2 aliphatic rings. The van der Waals surface area contributed by atoms with Gasteiger partial charge in [0.25, 0.3) is 0 Å². The van der Waals surface area contributed by atoms with Crippen LogP contribution in [0.3, 0.4) is 0 Å². The lowest BCUT2D eigenvalue weighted by atomic mass is 10.0. The summed E-state index contributed by atoms with van der Waals surface area (Å²) in [5, 5.41) is 0. The van der Waals surface area contributed by atoms with E-state index in [1.54, 1.807) is 24.8 Å². The minimum Gasteiger partial charge on any atom is -0.355 e. The van der Waals surface area contributed by atoms with E-state index in [1.165, 1.54) is 0 Å². The number of hydrogen-bond donors (Lipinski definition) is 1. The van der Waals surface area contributed by atoms with E-state index in [0.29, 0.717) is 19.0 Å². The SMILES string of the molecule is c1cc2nc(-c3cncc(N4CCC5(CC4)OCCO5)n3)[nH]c2cn1. The van der Waals surface area contributed by atoms with Gasteiger partial charge >= 0.3 is 0 Å². The minimum atomic E-state index is -0.382. The van der Waals surface area contributed by atoms with Gasteiger partial charge in [-0.15, -0.1) is 0 Å². The molecule has 3 aromatic heterocycles. The molecular weight excluding hydrogens is 320 g/mol. The largest absolute Gasteiger partial charge is 0.355 e. The fourth-order valence-corrected chi connectivity index (χ4v) is 3.46. The number of piperidine rings is 1. The van der Waals surface area contributed by atoms with Crippen LogP contribution in [0.5, 0.6) is 0 Å². The van der Waals surface area contributed by atoms with E-state index in [0.717, 1.165) is 48.5 Å². The van der Waals surface area contributed by atoms with Crippen molar-refractivity contribution in [3.05, 3.63) is 30.9 Å². The van der Waals surface area contributed by atoms with Gasteiger partial charge in [0.15, 0.2) is 11.6 Å². The molecule has 25 heavy (non-hydrogen) atoms. The van der Waals surface area contributed by atoms with Crippen molar-refractivity contribution >= 4 is 16.9 Å². The van der Waals surface area contributed by atoms with Gasteiger partial charge in [-0.1, -0.05) is 0 Å². The maximum absolute atomic E-state index is 5.79. The molecule has 0 bridgehead atoms. The molecule has 2 saturated heterocycles. The second-order valence-electron chi connectivity index (χ2n) is 6.34. The highest BCUT2D eigenvalue weighted by Gasteiger charge is 2.40. The first kappa shape index (κ1) is 14.7. The molecule has 8 nitrogen and oxygen atoms in total. The fourth-order valence-electron chi connectivity index (χ4n) is 3.46. The summed E-state index contributed by atoms with van der Waals surface area (Å²) >= 11 is 0. The van der Waals surface area contributed by atoms with E-state index in [2.05, 4.69) is 24.8 Å². The van der Waals surface area contributed by atoms with Crippen LogP contribution in [-0.2, 0) is 9.47 Å². The zero-order valence-corrected chi connectivity index (χ0v) is 13.7. The Morgan fingerprint density at radius 1 is 1.00 bits per heavy atom. The zero-order valence-electron chi connectivity index (χ0n) is 13.7. The first-order valence-electron chi connectivity index (χ1n) is 8.46. The third kappa shape index (κ3) is 2.63. The predicted molar refractivity (Wildman–Crippen MR) is 91.0 cm³/mol. The lowest BCUT2D eigenvalue weighted by molar-refractivity contribution is -0.169.